The zero-order valence-corrected chi connectivity index (χ0v) is 13.7. The minimum absolute atomic E-state index is 0.248. The molecule has 0 fully saturated rings. The zero-order chi connectivity index (χ0) is 16.5. The summed E-state index contributed by atoms with van der Waals surface area (Å²) < 4.78 is 16.0. The van der Waals surface area contributed by atoms with Gasteiger partial charge in [-0.25, -0.2) is 4.79 Å². The van der Waals surface area contributed by atoms with Crippen LogP contribution in [0.15, 0.2) is 27.4 Å². The maximum atomic E-state index is 11.4. The van der Waals surface area contributed by atoms with Gasteiger partial charge in [0.05, 0.1) is 30.6 Å². The van der Waals surface area contributed by atoms with E-state index in [4.69, 9.17) is 25.5 Å². The first-order valence-electron chi connectivity index (χ1n) is 6.82. The van der Waals surface area contributed by atoms with Crippen molar-refractivity contribution in [1.29, 1.82) is 0 Å². The Morgan fingerprint density at radius 1 is 1.32 bits per heavy atom. The quantitative estimate of drug-likeness (QED) is 0.676. The highest BCUT2D eigenvalue weighted by Crippen LogP contribution is 2.38. The molecule has 1 atom stereocenters. The Balaban J connectivity index is 2.66. The number of hydrogen-bond donors (Lipinski definition) is 1. The lowest BCUT2D eigenvalue weighted by Gasteiger charge is -2.25. The van der Waals surface area contributed by atoms with E-state index in [1.54, 1.807) is 26.0 Å². The number of benzene rings is 1. The van der Waals surface area contributed by atoms with E-state index in [2.05, 4.69) is 0 Å². The fourth-order valence-corrected chi connectivity index (χ4v) is 2.33. The molecule has 1 aromatic carbocycles. The third-order valence-electron chi connectivity index (χ3n) is 3.55. The summed E-state index contributed by atoms with van der Waals surface area (Å²) in [5.41, 5.74) is 0.587. The highest BCUT2D eigenvalue weighted by Gasteiger charge is 2.28. The van der Waals surface area contributed by atoms with Crippen molar-refractivity contribution in [2.45, 2.75) is 31.2 Å². The number of aliphatic hydroxyl groups is 1. The topological polar surface area (TPSA) is 68.9 Å². The number of aliphatic hydroxyl groups excluding tert-OH is 1. The standard InChI is InChI=1S/C16H19ClO5/c1-16(2,17)13(18)7-10-11(20-3)8-12-9(15(10)21-4)5-6-14(19)22-12/h5-6,8,13,18H,7H2,1-4H3/t13-/m0/s1. The SMILES string of the molecule is COc1cc2oc(=O)ccc2c(OC)c1C[C@H](O)C(C)(C)Cl. The second kappa shape index (κ2) is 6.18. The molecule has 0 aliphatic heterocycles. The first-order chi connectivity index (χ1) is 10.3. The van der Waals surface area contributed by atoms with Crippen molar-refractivity contribution >= 4 is 22.6 Å². The van der Waals surface area contributed by atoms with Gasteiger partial charge in [-0.1, -0.05) is 0 Å². The summed E-state index contributed by atoms with van der Waals surface area (Å²) in [6.07, 6.45) is -0.553. The molecule has 1 N–H and O–H groups in total. The van der Waals surface area contributed by atoms with Gasteiger partial charge in [-0.2, -0.15) is 0 Å². The summed E-state index contributed by atoms with van der Waals surface area (Å²) in [6, 6.07) is 4.56. The van der Waals surface area contributed by atoms with Crippen molar-refractivity contribution in [1.82, 2.24) is 0 Å². The Kier molecular flexibility index (Phi) is 4.68. The van der Waals surface area contributed by atoms with Crippen LogP contribution in [0.2, 0.25) is 0 Å². The van der Waals surface area contributed by atoms with E-state index in [9.17, 15) is 9.90 Å². The molecule has 5 nitrogen and oxygen atoms in total. The van der Waals surface area contributed by atoms with E-state index in [1.807, 2.05) is 0 Å². The maximum absolute atomic E-state index is 11.4. The summed E-state index contributed by atoms with van der Waals surface area (Å²) in [4.78, 5) is 10.6. The molecule has 0 saturated heterocycles. The summed E-state index contributed by atoms with van der Waals surface area (Å²) in [7, 11) is 3.02. The molecule has 0 radical (unpaired) electrons. The van der Waals surface area contributed by atoms with E-state index in [1.165, 1.54) is 20.3 Å². The third-order valence-corrected chi connectivity index (χ3v) is 3.81. The highest BCUT2D eigenvalue weighted by molar-refractivity contribution is 6.23. The molecule has 0 aliphatic rings. The van der Waals surface area contributed by atoms with E-state index in [0.717, 1.165) is 0 Å². The molecule has 0 spiro atoms. The van der Waals surface area contributed by atoms with E-state index >= 15 is 0 Å². The highest BCUT2D eigenvalue weighted by atomic mass is 35.5. The van der Waals surface area contributed by atoms with Crippen LogP contribution in [0, 0.1) is 0 Å². The van der Waals surface area contributed by atoms with Crippen molar-refractivity contribution < 1.29 is 19.0 Å². The maximum Gasteiger partial charge on any atom is 0.336 e. The van der Waals surface area contributed by atoms with Gasteiger partial charge in [-0.15, -0.1) is 11.6 Å². The van der Waals surface area contributed by atoms with Crippen LogP contribution in [-0.2, 0) is 6.42 Å². The molecule has 0 amide bonds. The number of methoxy groups -OCH3 is 2. The number of alkyl halides is 1. The fourth-order valence-electron chi connectivity index (χ4n) is 2.25. The third kappa shape index (κ3) is 3.20. The molecule has 22 heavy (non-hydrogen) atoms. The average Bonchev–Trinajstić information content (AvgIpc) is 2.45. The Morgan fingerprint density at radius 2 is 2.00 bits per heavy atom. The van der Waals surface area contributed by atoms with Gasteiger partial charge in [0.2, 0.25) is 0 Å². The van der Waals surface area contributed by atoms with Crippen LogP contribution in [0.3, 0.4) is 0 Å². The van der Waals surface area contributed by atoms with Gasteiger partial charge in [-0.05, 0) is 19.9 Å². The number of halogens is 1. The molecular formula is C16H19ClO5. The zero-order valence-electron chi connectivity index (χ0n) is 13.0. The van der Waals surface area contributed by atoms with Crippen LogP contribution in [0.5, 0.6) is 11.5 Å². The Labute approximate surface area is 133 Å². The van der Waals surface area contributed by atoms with Gasteiger partial charge in [0.15, 0.2) is 0 Å². The van der Waals surface area contributed by atoms with Crippen LogP contribution < -0.4 is 15.1 Å². The molecule has 2 aromatic rings. The monoisotopic (exact) mass is 326 g/mol. The average molecular weight is 327 g/mol. The van der Waals surface area contributed by atoms with Gasteiger partial charge in [0.1, 0.15) is 17.1 Å². The Hall–Kier alpha value is -1.72. The number of rotatable bonds is 5. The summed E-state index contributed by atoms with van der Waals surface area (Å²) in [6.45, 7) is 3.47. The molecule has 120 valence electrons. The van der Waals surface area contributed by atoms with Gasteiger partial charge in [0.25, 0.3) is 0 Å². The molecule has 2 rings (SSSR count). The van der Waals surface area contributed by atoms with Crippen LogP contribution in [-0.4, -0.2) is 30.3 Å². The Bertz CT molecular complexity index is 730. The normalized spacial score (nSPS) is 13.2. The lowest BCUT2D eigenvalue weighted by Crippen LogP contribution is -2.32. The molecule has 1 aromatic heterocycles. The molecule has 0 unspecified atom stereocenters. The van der Waals surface area contributed by atoms with Gasteiger partial charge in [-0.3, -0.25) is 0 Å². The first kappa shape index (κ1) is 16.6. The summed E-state index contributed by atoms with van der Waals surface area (Å²) in [5.74, 6) is 0.969. The van der Waals surface area contributed by atoms with Crippen molar-refractivity contribution in [2.24, 2.45) is 0 Å². The van der Waals surface area contributed by atoms with Gasteiger partial charge < -0.3 is 19.0 Å². The number of hydrogen-bond acceptors (Lipinski definition) is 5. The summed E-state index contributed by atoms with van der Waals surface area (Å²) in [5, 5.41) is 10.9. The second-order valence-electron chi connectivity index (χ2n) is 5.54. The van der Waals surface area contributed by atoms with E-state index in [-0.39, 0.29) is 6.42 Å². The second-order valence-corrected chi connectivity index (χ2v) is 6.52. The van der Waals surface area contributed by atoms with Crippen LogP contribution in [0.4, 0.5) is 0 Å². The molecule has 0 aliphatic carbocycles. The Morgan fingerprint density at radius 3 is 2.55 bits per heavy atom. The predicted octanol–water partition coefficient (Wildman–Crippen LogP) is 2.73. The summed E-state index contributed by atoms with van der Waals surface area (Å²) >= 11 is 6.17. The van der Waals surface area contributed by atoms with Gasteiger partial charge >= 0.3 is 5.63 Å². The van der Waals surface area contributed by atoms with Crippen LogP contribution >= 0.6 is 11.6 Å². The number of ether oxygens (including phenoxy) is 2. The van der Waals surface area contributed by atoms with Crippen molar-refractivity contribution in [2.75, 3.05) is 14.2 Å². The lowest BCUT2D eigenvalue weighted by molar-refractivity contribution is 0.137. The van der Waals surface area contributed by atoms with Crippen LogP contribution in [0.1, 0.15) is 19.4 Å². The van der Waals surface area contributed by atoms with E-state index in [0.29, 0.717) is 28.0 Å². The molecule has 0 bridgehead atoms. The van der Waals surface area contributed by atoms with E-state index < -0.39 is 16.6 Å². The van der Waals surface area contributed by atoms with Crippen molar-refractivity contribution in [3.63, 3.8) is 0 Å². The molecule has 6 heteroatoms. The smallest absolute Gasteiger partial charge is 0.336 e. The predicted molar refractivity (Wildman–Crippen MR) is 85.2 cm³/mol. The molecule has 0 saturated carbocycles. The fraction of sp³-hybridized carbons (Fsp3) is 0.438. The number of fused-ring (bicyclic) bond motifs is 1. The molecule has 1 heterocycles. The minimum atomic E-state index is -0.801. The van der Waals surface area contributed by atoms with Crippen molar-refractivity contribution in [3.05, 3.63) is 34.2 Å². The van der Waals surface area contributed by atoms with Crippen molar-refractivity contribution in [3.8, 4) is 11.5 Å². The minimum Gasteiger partial charge on any atom is -0.496 e. The lowest BCUT2D eigenvalue weighted by atomic mass is 9.96. The van der Waals surface area contributed by atoms with Gasteiger partial charge in [0, 0.05) is 24.1 Å². The first-order valence-corrected chi connectivity index (χ1v) is 7.20. The molecular weight excluding hydrogens is 308 g/mol. The van der Waals surface area contributed by atoms with Crippen LogP contribution in [0.25, 0.3) is 11.0 Å². The largest absolute Gasteiger partial charge is 0.496 e.